The molecule has 8 heteroatoms. The van der Waals surface area contributed by atoms with Gasteiger partial charge in [0.2, 0.25) is 5.91 Å². The van der Waals surface area contributed by atoms with Crippen LogP contribution < -0.4 is 10.0 Å². The minimum absolute atomic E-state index is 0.0406. The first-order chi connectivity index (χ1) is 11.3. The van der Waals surface area contributed by atoms with E-state index in [4.69, 9.17) is 0 Å². The Morgan fingerprint density at radius 2 is 2.00 bits per heavy atom. The maximum Gasteiger partial charge on any atom is 0.261 e. The number of hydrogen-bond acceptors (Lipinski definition) is 4. The highest BCUT2D eigenvalue weighted by Gasteiger charge is 2.29. The molecule has 1 amide bonds. The van der Waals surface area contributed by atoms with Gasteiger partial charge in [0, 0.05) is 10.4 Å². The topological polar surface area (TPSA) is 88.2 Å². The molecular formula is C16H16BrN3O3S. The van der Waals surface area contributed by atoms with E-state index in [1.54, 1.807) is 24.3 Å². The van der Waals surface area contributed by atoms with Gasteiger partial charge in [0.15, 0.2) is 0 Å². The first-order valence-electron chi connectivity index (χ1n) is 7.41. The fraction of sp³-hybridized carbons (Fsp3) is 0.250. The Morgan fingerprint density at radius 1 is 1.25 bits per heavy atom. The second-order valence-electron chi connectivity index (χ2n) is 5.71. The fourth-order valence-corrected chi connectivity index (χ4v) is 3.48. The van der Waals surface area contributed by atoms with Gasteiger partial charge in [-0.05, 0) is 55.7 Å². The predicted molar refractivity (Wildman–Crippen MR) is 95.3 cm³/mol. The lowest BCUT2D eigenvalue weighted by atomic mass is 10.2. The van der Waals surface area contributed by atoms with Gasteiger partial charge < -0.3 is 5.32 Å². The summed E-state index contributed by atoms with van der Waals surface area (Å²) in [5.74, 6) is 0.459. The van der Waals surface area contributed by atoms with Crippen LogP contribution in [-0.4, -0.2) is 19.3 Å². The molecule has 126 valence electrons. The van der Waals surface area contributed by atoms with E-state index in [1.165, 1.54) is 12.3 Å². The number of amides is 1. The van der Waals surface area contributed by atoms with E-state index in [0.717, 1.165) is 22.9 Å². The summed E-state index contributed by atoms with van der Waals surface area (Å²) in [6.45, 7) is 1.82. The van der Waals surface area contributed by atoms with E-state index >= 15 is 0 Å². The zero-order valence-corrected chi connectivity index (χ0v) is 15.3. The van der Waals surface area contributed by atoms with Gasteiger partial charge in [-0.25, -0.2) is 13.4 Å². The third-order valence-corrected chi connectivity index (χ3v) is 5.92. The molecule has 2 N–H and O–H groups in total. The van der Waals surface area contributed by atoms with Crippen molar-refractivity contribution >= 4 is 43.4 Å². The van der Waals surface area contributed by atoms with Gasteiger partial charge in [-0.1, -0.05) is 15.9 Å². The number of pyridine rings is 1. The van der Waals surface area contributed by atoms with Crippen LogP contribution in [0, 0.1) is 12.8 Å². The number of anilines is 2. The normalized spacial score (nSPS) is 14.2. The molecular weight excluding hydrogens is 394 g/mol. The monoisotopic (exact) mass is 409 g/mol. The van der Waals surface area contributed by atoms with Crippen molar-refractivity contribution in [1.82, 2.24) is 4.98 Å². The van der Waals surface area contributed by atoms with Gasteiger partial charge in [0.25, 0.3) is 10.0 Å². The zero-order valence-electron chi connectivity index (χ0n) is 12.9. The van der Waals surface area contributed by atoms with E-state index in [-0.39, 0.29) is 16.7 Å². The second kappa shape index (κ2) is 6.52. The number of halogens is 1. The van der Waals surface area contributed by atoms with Crippen molar-refractivity contribution in [3.05, 3.63) is 46.6 Å². The highest BCUT2D eigenvalue weighted by Crippen LogP contribution is 2.30. The van der Waals surface area contributed by atoms with E-state index in [2.05, 4.69) is 31.0 Å². The molecule has 24 heavy (non-hydrogen) atoms. The number of aromatic nitrogens is 1. The molecule has 0 aliphatic heterocycles. The molecule has 0 atom stereocenters. The Balaban J connectivity index is 1.72. The molecule has 0 bridgehead atoms. The summed E-state index contributed by atoms with van der Waals surface area (Å²) in [5, 5.41) is 2.71. The summed E-state index contributed by atoms with van der Waals surface area (Å²) >= 11 is 3.35. The molecule has 1 aromatic carbocycles. The maximum absolute atomic E-state index is 12.4. The fourth-order valence-electron chi connectivity index (χ4n) is 2.10. The number of carbonyl (C=O) groups excluding carboxylic acids is 1. The molecule has 3 rings (SSSR count). The van der Waals surface area contributed by atoms with E-state index in [9.17, 15) is 13.2 Å². The van der Waals surface area contributed by atoms with Crippen LogP contribution in [0.2, 0.25) is 0 Å². The Hall–Kier alpha value is -1.93. The highest BCUT2D eigenvalue weighted by molar-refractivity contribution is 9.10. The van der Waals surface area contributed by atoms with Crippen molar-refractivity contribution in [3.8, 4) is 0 Å². The van der Waals surface area contributed by atoms with Crippen LogP contribution >= 0.6 is 15.9 Å². The SMILES string of the molecule is Cc1cc(S(=O)(=O)Nc2ccc(NC(=O)C3CC3)nc2)ccc1Br. The highest BCUT2D eigenvalue weighted by atomic mass is 79.9. The van der Waals surface area contributed by atoms with Crippen molar-refractivity contribution < 1.29 is 13.2 Å². The lowest BCUT2D eigenvalue weighted by Crippen LogP contribution is -2.15. The third kappa shape index (κ3) is 3.93. The molecule has 0 radical (unpaired) electrons. The number of carbonyl (C=O) groups is 1. The number of nitrogens with one attached hydrogen (secondary N) is 2. The predicted octanol–water partition coefficient (Wildman–Crippen LogP) is 3.30. The van der Waals surface area contributed by atoms with Gasteiger partial charge in [-0.2, -0.15) is 0 Å². The molecule has 1 aromatic heterocycles. The lowest BCUT2D eigenvalue weighted by Gasteiger charge is -2.10. The summed E-state index contributed by atoms with van der Waals surface area (Å²) in [7, 11) is -3.69. The van der Waals surface area contributed by atoms with Crippen LogP contribution in [0.5, 0.6) is 0 Å². The maximum atomic E-state index is 12.4. The van der Waals surface area contributed by atoms with Gasteiger partial charge in [-0.15, -0.1) is 0 Å². The summed E-state index contributed by atoms with van der Waals surface area (Å²) < 4.78 is 28.1. The van der Waals surface area contributed by atoms with Crippen LogP contribution in [0.4, 0.5) is 11.5 Å². The Kier molecular flexibility index (Phi) is 4.60. The summed E-state index contributed by atoms with van der Waals surface area (Å²) in [4.78, 5) is 15.9. The number of sulfonamides is 1. The molecule has 6 nitrogen and oxygen atoms in total. The van der Waals surface area contributed by atoms with Crippen molar-refractivity contribution in [2.24, 2.45) is 5.92 Å². The smallest absolute Gasteiger partial charge is 0.261 e. The van der Waals surface area contributed by atoms with Crippen LogP contribution in [0.1, 0.15) is 18.4 Å². The molecule has 1 aliphatic rings. The van der Waals surface area contributed by atoms with E-state index in [1.807, 2.05) is 6.92 Å². The molecule has 1 saturated carbocycles. The van der Waals surface area contributed by atoms with Crippen LogP contribution in [0.3, 0.4) is 0 Å². The van der Waals surface area contributed by atoms with Crippen molar-refractivity contribution in [1.29, 1.82) is 0 Å². The van der Waals surface area contributed by atoms with Crippen LogP contribution in [0.25, 0.3) is 0 Å². The summed E-state index contributed by atoms with van der Waals surface area (Å²) in [5.41, 5.74) is 1.16. The molecule has 1 aliphatic carbocycles. The Labute approximate surface area is 148 Å². The molecule has 1 heterocycles. The van der Waals surface area contributed by atoms with Gasteiger partial charge >= 0.3 is 0 Å². The minimum Gasteiger partial charge on any atom is -0.310 e. The summed E-state index contributed by atoms with van der Waals surface area (Å²) in [6, 6.07) is 7.95. The number of nitrogens with zero attached hydrogens (tertiary/aromatic N) is 1. The number of hydrogen-bond donors (Lipinski definition) is 2. The van der Waals surface area contributed by atoms with Gasteiger partial charge in [0.1, 0.15) is 5.82 Å². The largest absolute Gasteiger partial charge is 0.310 e. The van der Waals surface area contributed by atoms with Crippen molar-refractivity contribution in [2.75, 3.05) is 10.0 Å². The van der Waals surface area contributed by atoms with Crippen LogP contribution in [-0.2, 0) is 14.8 Å². The Bertz CT molecular complexity index is 878. The number of benzene rings is 1. The van der Waals surface area contributed by atoms with E-state index in [0.29, 0.717) is 11.5 Å². The standard InChI is InChI=1S/C16H16BrN3O3S/c1-10-8-13(5-6-14(10)17)24(22,23)20-12-4-7-15(18-9-12)19-16(21)11-2-3-11/h4-9,11,20H,2-3H2,1H3,(H,18,19,21). The molecule has 2 aromatic rings. The second-order valence-corrected chi connectivity index (χ2v) is 8.25. The van der Waals surface area contributed by atoms with Crippen molar-refractivity contribution in [2.45, 2.75) is 24.7 Å². The van der Waals surface area contributed by atoms with Crippen LogP contribution in [0.15, 0.2) is 45.9 Å². The molecule has 0 spiro atoms. The van der Waals surface area contributed by atoms with Gasteiger partial charge in [0.05, 0.1) is 16.8 Å². The van der Waals surface area contributed by atoms with Crippen molar-refractivity contribution in [3.63, 3.8) is 0 Å². The average molecular weight is 410 g/mol. The lowest BCUT2D eigenvalue weighted by molar-refractivity contribution is -0.117. The average Bonchev–Trinajstić information content (AvgIpc) is 3.36. The first-order valence-corrected chi connectivity index (χ1v) is 9.69. The quantitative estimate of drug-likeness (QED) is 0.792. The number of aryl methyl sites for hydroxylation is 1. The minimum atomic E-state index is -3.69. The van der Waals surface area contributed by atoms with E-state index < -0.39 is 10.0 Å². The Morgan fingerprint density at radius 3 is 2.58 bits per heavy atom. The molecule has 0 unspecified atom stereocenters. The number of rotatable bonds is 5. The third-order valence-electron chi connectivity index (χ3n) is 3.65. The summed E-state index contributed by atoms with van der Waals surface area (Å²) in [6.07, 6.45) is 3.21. The molecule has 1 fully saturated rings. The molecule has 0 saturated heterocycles. The van der Waals surface area contributed by atoms with Gasteiger partial charge in [-0.3, -0.25) is 9.52 Å². The first kappa shape index (κ1) is 16.9. The zero-order chi connectivity index (χ0) is 17.3.